The molecule has 0 aliphatic carbocycles. The molecule has 0 bridgehead atoms. The highest BCUT2D eigenvalue weighted by molar-refractivity contribution is 6.14. The normalized spacial score (nSPS) is 13.2. The maximum Gasteiger partial charge on any atom is 0.145 e. The van der Waals surface area contributed by atoms with Crippen LogP contribution in [0, 0.1) is 0 Å². The SMILES string of the molecule is c1ccc(-c2nc3ccccc3n2-c2cccc(-c3ccc(N(c4ccc(-c5cccc(N6c7ccccc7NC6c6ccccc6)c5)cc4)c4cc5ccccc5c5ccccc45)cc3)c2)cc1. The Labute approximate surface area is 401 Å². The van der Waals surface area contributed by atoms with E-state index < -0.39 is 0 Å². The van der Waals surface area contributed by atoms with Gasteiger partial charge in [0.15, 0.2) is 0 Å². The molecule has 0 spiro atoms. The number of hydrogen-bond acceptors (Lipinski definition) is 4. The quantitative estimate of drug-likeness (QED) is 0.147. The summed E-state index contributed by atoms with van der Waals surface area (Å²) in [4.78, 5) is 9.93. The fourth-order valence-corrected chi connectivity index (χ4v) is 10.3. The van der Waals surface area contributed by atoms with Crippen molar-refractivity contribution in [1.29, 1.82) is 0 Å². The lowest BCUT2D eigenvalue weighted by Crippen LogP contribution is -2.23. The Morgan fingerprint density at radius 1 is 0.406 bits per heavy atom. The fourth-order valence-electron chi connectivity index (χ4n) is 10.3. The number of hydrogen-bond donors (Lipinski definition) is 1. The Kier molecular flexibility index (Phi) is 9.83. The Morgan fingerprint density at radius 2 is 0.971 bits per heavy atom. The number of rotatable bonds is 9. The lowest BCUT2D eigenvalue weighted by Gasteiger charge is -2.28. The molecule has 1 atom stereocenters. The molecule has 1 aliphatic rings. The van der Waals surface area contributed by atoms with E-state index in [1.165, 1.54) is 32.8 Å². The van der Waals surface area contributed by atoms with E-state index in [9.17, 15) is 0 Å². The molecule has 1 unspecified atom stereocenters. The summed E-state index contributed by atoms with van der Waals surface area (Å²) < 4.78 is 2.28. The monoisotopic (exact) mass is 883 g/mol. The Balaban J connectivity index is 0.890. The first-order chi connectivity index (χ1) is 34.2. The van der Waals surface area contributed by atoms with Gasteiger partial charge in [0, 0.05) is 33.7 Å². The van der Waals surface area contributed by atoms with Crippen LogP contribution >= 0.6 is 0 Å². The minimum absolute atomic E-state index is 0.0218. The lowest BCUT2D eigenvalue weighted by molar-refractivity contribution is 0.828. The van der Waals surface area contributed by atoms with Crippen LogP contribution in [0.25, 0.3) is 71.9 Å². The van der Waals surface area contributed by atoms with Gasteiger partial charge in [0.2, 0.25) is 0 Å². The third-order valence-corrected chi connectivity index (χ3v) is 13.6. The van der Waals surface area contributed by atoms with Gasteiger partial charge < -0.3 is 15.1 Å². The van der Waals surface area contributed by atoms with Crippen LogP contribution in [-0.2, 0) is 0 Å². The first kappa shape index (κ1) is 40.1. The summed E-state index contributed by atoms with van der Waals surface area (Å²) in [5.41, 5.74) is 16.7. The van der Waals surface area contributed by atoms with E-state index in [1.807, 2.05) is 6.07 Å². The summed E-state index contributed by atoms with van der Waals surface area (Å²) in [6.07, 6.45) is -0.0218. The first-order valence-corrected chi connectivity index (χ1v) is 23.6. The average Bonchev–Trinajstić information content (AvgIpc) is 4.02. The van der Waals surface area contributed by atoms with Crippen molar-refractivity contribution in [3.63, 3.8) is 0 Å². The molecule has 326 valence electrons. The molecule has 0 saturated carbocycles. The van der Waals surface area contributed by atoms with E-state index in [-0.39, 0.29) is 6.17 Å². The minimum Gasteiger partial charge on any atom is -0.359 e. The van der Waals surface area contributed by atoms with Gasteiger partial charge >= 0.3 is 0 Å². The van der Waals surface area contributed by atoms with Crippen LogP contribution in [0.3, 0.4) is 0 Å². The molecule has 5 heteroatoms. The van der Waals surface area contributed by atoms with Crippen molar-refractivity contribution in [1.82, 2.24) is 9.55 Å². The summed E-state index contributed by atoms with van der Waals surface area (Å²) in [5.74, 6) is 0.924. The summed E-state index contributed by atoms with van der Waals surface area (Å²) in [6.45, 7) is 0. The number of benzene rings is 11. The second-order valence-electron chi connectivity index (χ2n) is 17.7. The van der Waals surface area contributed by atoms with Crippen LogP contribution in [0.1, 0.15) is 11.7 Å². The zero-order valence-corrected chi connectivity index (χ0v) is 37.7. The van der Waals surface area contributed by atoms with Crippen molar-refractivity contribution in [2.24, 2.45) is 0 Å². The molecule has 1 aliphatic heterocycles. The molecule has 69 heavy (non-hydrogen) atoms. The molecule has 11 aromatic carbocycles. The van der Waals surface area contributed by atoms with Gasteiger partial charge in [-0.25, -0.2) is 4.98 Å². The summed E-state index contributed by atoms with van der Waals surface area (Å²) in [6, 6.07) is 93.7. The number of aromatic nitrogens is 2. The third kappa shape index (κ3) is 7.16. The first-order valence-electron chi connectivity index (χ1n) is 23.6. The predicted molar refractivity (Wildman–Crippen MR) is 288 cm³/mol. The second-order valence-corrected chi connectivity index (χ2v) is 17.7. The van der Waals surface area contributed by atoms with Crippen LogP contribution in [0.5, 0.6) is 0 Å². The van der Waals surface area contributed by atoms with Crippen LogP contribution in [0.15, 0.2) is 261 Å². The van der Waals surface area contributed by atoms with Gasteiger partial charge in [-0.3, -0.25) is 4.57 Å². The van der Waals surface area contributed by atoms with Crippen LogP contribution < -0.4 is 15.1 Å². The maximum atomic E-state index is 5.11. The van der Waals surface area contributed by atoms with E-state index in [4.69, 9.17) is 4.98 Å². The van der Waals surface area contributed by atoms with E-state index >= 15 is 0 Å². The van der Waals surface area contributed by atoms with E-state index in [0.29, 0.717) is 0 Å². The van der Waals surface area contributed by atoms with E-state index in [2.05, 4.69) is 274 Å². The highest BCUT2D eigenvalue weighted by Crippen LogP contribution is 2.47. The van der Waals surface area contributed by atoms with Crippen molar-refractivity contribution in [2.75, 3.05) is 15.1 Å². The molecule has 5 nitrogen and oxygen atoms in total. The Bertz CT molecular complexity index is 3820. The Morgan fingerprint density at radius 3 is 1.71 bits per heavy atom. The fraction of sp³-hybridized carbons (Fsp3) is 0.0156. The highest BCUT2D eigenvalue weighted by atomic mass is 15.3. The van der Waals surface area contributed by atoms with Crippen LogP contribution in [0.2, 0.25) is 0 Å². The third-order valence-electron chi connectivity index (χ3n) is 13.6. The number of nitrogens with one attached hydrogen (secondary N) is 1. The highest BCUT2D eigenvalue weighted by Gasteiger charge is 2.31. The molecular weight excluding hydrogens is 839 g/mol. The average molecular weight is 884 g/mol. The molecule has 0 saturated heterocycles. The van der Waals surface area contributed by atoms with Crippen molar-refractivity contribution >= 4 is 66.7 Å². The van der Waals surface area contributed by atoms with Crippen molar-refractivity contribution in [3.05, 3.63) is 266 Å². The summed E-state index contributed by atoms with van der Waals surface area (Å²) >= 11 is 0. The molecular formula is C64H45N5. The maximum absolute atomic E-state index is 5.11. The zero-order chi connectivity index (χ0) is 45.7. The van der Waals surface area contributed by atoms with Gasteiger partial charge in [-0.2, -0.15) is 0 Å². The standard InChI is InChI=1S/C64H45N5/c1-3-17-46(18-4-1)63-65-58-29-11-13-31-60(58)68(63)53-24-15-22-48(41-53)44-33-37-51(38-34-44)67(62-43-50-21-7-8-26-55(50)56-27-9-10-28-57(56)62)52-39-35-45(36-40-52)49-23-16-25-54(42-49)69-61-32-14-12-30-59(61)66-64(69)47-19-5-2-6-20-47/h1-43,63,65H. The van der Waals surface area contributed by atoms with Gasteiger partial charge in [-0.1, -0.05) is 182 Å². The summed E-state index contributed by atoms with van der Waals surface area (Å²) in [7, 11) is 0. The smallest absolute Gasteiger partial charge is 0.145 e. The molecule has 13 rings (SSSR count). The molecule has 0 fully saturated rings. The predicted octanol–water partition coefficient (Wildman–Crippen LogP) is 17.1. The van der Waals surface area contributed by atoms with Gasteiger partial charge in [0.05, 0.1) is 28.1 Å². The lowest BCUT2D eigenvalue weighted by atomic mass is 9.98. The number of para-hydroxylation sites is 4. The van der Waals surface area contributed by atoms with Crippen LogP contribution in [0.4, 0.5) is 34.1 Å². The molecule has 12 aromatic rings. The van der Waals surface area contributed by atoms with Crippen LogP contribution in [-0.4, -0.2) is 9.55 Å². The topological polar surface area (TPSA) is 36.3 Å². The molecule has 1 aromatic heterocycles. The van der Waals surface area contributed by atoms with Gasteiger partial charge in [-0.15, -0.1) is 0 Å². The van der Waals surface area contributed by atoms with Crippen molar-refractivity contribution in [2.45, 2.75) is 6.17 Å². The van der Waals surface area contributed by atoms with E-state index in [1.54, 1.807) is 0 Å². The van der Waals surface area contributed by atoms with Gasteiger partial charge in [0.25, 0.3) is 0 Å². The molecule has 0 radical (unpaired) electrons. The number of imidazole rings is 1. The molecule has 0 amide bonds. The molecule has 1 N–H and O–H groups in total. The number of anilines is 6. The Hall–Kier alpha value is -9.19. The van der Waals surface area contributed by atoms with Crippen molar-refractivity contribution < 1.29 is 0 Å². The molecule has 2 heterocycles. The largest absolute Gasteiger partial charge is 0.359 e. The minimum atomic E-state index is -0.0218. The number of fused-ring (bicyclic) bond motifs is 5. The van der Waals surface area contributed by atoms with E-state index in [0.717, 1.165) is 78.8 Å². The van der Waals surface area contributed by atoms with Crippen molar-refractivity contribution in [3.8, 4) is 39.3 Å². The summed E-state index contributed by atoms with van der Waals surface area (Å²) in [5, 5.41) is 8.65. The number of nitrogens with zero attached hydrogens (tertiary/aromatic N) is 4. The van der Waals surface area contributed by atoms with Gasteiger partial charge in [0.1, 0.15) is 12.0 Å². The van der Waals surface area contributed by atoms with Gasteiger partial charge in [-0.05, 0) is 123 Å². The zero-order valence-electron chi connectivity index (χ0n) is 37.7. The second kappa shape index (κ2) is 16.9.